The molecule has 138 valence electrons. The number of aromatic nitrogens is 1. The Balaban J connectivity index is 1.60. The Morgan fingerprint density at radius 1 is 1.30 bits per heavy atom. The number of carbonyl (C=O) groups excluding carboxylic acids is 1. The summed E-state index contributed by atoms with van der Waals surface area (Å²) in [6, 6.07) is 15.5. The van der Waals surface area contributed by atoms with Crippen LogP contribution < -0.4 is 10.2 Å². The van der Waals surface area contributed by atoms with Gasteiger partial charge in [0.25, 0.3) is 0 Å². The van der Waals surface area contributed by atoms with Gasteiger partial charge in [-0.25, -0.2) is 10.4 Å². The van der Waals surface area contributed by atoms with Gasteiger partial charge >= 0.3 is 0 Å². The maximum atomic E-state index is 12.1. The van der Waals surface area contributed by atoms with E-state index in [1.807, 2.05) is 55.5 Å². The number of pyridine rings is 1. The van der Waals surface area contributed by atoms with Crippen LogP contribution in [0.3, 0.4) is 0 Å². The molecule has 0 atom stereocenters. The normalized spacial score (nSPS) is 11.1. The first-order valence-corrected chi connectivity index (χ1v) is 9.99. The molecule has 1 aromatic heterocycles. The van der Waals surface area contributed by atoms with Crippen LogP contribution in [0, 0.1) is 6.92 Å². The van der Waals surface area contributed by atoms with Gasteiger partial charge in [0, 0.05) is 15.4 Å². The Labute approximate surface area is 170 Å². The fourth-order valence-corrected chi connectivity index (χ4v) is 3.69. The molecule has 0 unspecified atom stereocenters. The van der Waals surface area contributed by atoms with E-state index in [0.717, 1.165) is 31.5 Å². The molecule has 7 heteroatoms. The van der Waals surface area contributed by atoms with Gasteiger partial charge in [-0.05, 0) is 42.8 Å². The van der Waals surface area contributed by atoms with Crippen LogP contribution in [-0.4, -0.2) is 30.0 Å². The van der Waals surface area contributed by atoms with E-state index >= 15 is 0 Å². The van der Waals surface area contributed by atoms with Gasteiger partial charge in [-0.15, -0.1) is 0 Å². The number of thioether (sulfide) groups is 1. The van der Waals surface area contributed by atoms with Gasteiger partial charge in [-0.3, -0.25) is 4.79 Å². The molecule has 3 aromatic rings. The number of benzene rings is 2. The molecule has 5 nitrogen and oxygen atoms in total. The van der Waals surface area contributed by atoms with Crippen molar-refractivity contribution in [1.82, 2.24) is 10.4 Å². The van der Waals surface area contributed by atoms with Gasteiger partial charge < -0.3 is 4.74 Å². The van der Waals surface area contributed by atoms with Gasteiger partial charge in [0.05, 0.1) is 29.6 Å². The molecule has 27 heavy (non-hydrogen) atoms. The van der Waals surface area contributed by atoms with Gasteiger partial charge in [-0.2, -0.15) is 5.10 Å². The highest BCUT2D eigenvalue weighted by molar-refractivity contribution is 9.10. The maximum absolute atomic E-state index is 12.1. The lowest BCUT2D eigenvalue weighted by Gasteiger charge is -2.06. The standard InChI is InChI=1S/C20H18BrN3O2S/c1-13-9-20(23-17-6-4-3-5-16(13)17)27-12-19(25)24-22-11-14-10-15(21)7-8-18(14)26-2/h3-11H,12H2,1-2H3,(H,24,25). The summed E-state index contributed by atoms with van der Waals surface area (Å²) in [6.45, 7) is 2.05. The predicted molar refractivity (Wildman–Crippen MR) is 114 cm³/mol. The van der Waals surface area contributed by atoms with Crippen molar-refractivity contribution in [3.8, 4) is 5.75 Å². The van der Waals surface area contributed by atoms with Gasteiger partial charge in [-0.1, -0.05) is 45.9 Å². The molecular formula is C20H18BrN3O2S. The lowest BCUT2D eigenvalue weighted by Crippen LogP contribution is -2.19. The maximum Gasteiger partial charge on any atom is 0.250 e. The number of aryl methyl sites for hydroxylation is 1. The summed E-state index contributed by atoms with van der Waals surface area (Å²) in [5.74, 6) is 0.719. The smallest absolute Gasteiger partial charge is 0.250 e. The van der Waals surface area contributed by atoms with E-state index in [1.165, 1.54) is 11.8 Å². The monoisotopic (exact) mass is 443 g/mol. The molecule has 0 bridgehead atoms. The Kier molecular flexibility index (Phi) is 6.47. The topological polar surface area (TPSA) is 63.6 Å². The van der Waals surface area contributed by atoms with E-state index in [1.54, 1.807) is 13.3 Å². The predicted octanol–water partition coefficient (Wildman–Crippen LogP) is 4.56. The van der Waals surface area contributed by atoms with Gasteiger partial charge in [0.15, 0.2) is 0 Å². The minimum Gasteiger partial charge on any atom is -0.496 e. The van der Waals surface area contributed by atoms with Crippen LogP contribution in [0.15, 0.2) is 63.1 Å². The number of para-hydroxylation sites is 1. The molecule has 1 N–H and O–H groups in total. The second-order valence-electron chi connectivity index (χ2n) is 5.76. The molecule has 1 heterocycles. The van der Waals surface area contributed by atoms with E-state index in [0.29, 0.717) is 5.75 Å². The molecule has 0 spiro atoms. The van der Waals surface area contributed by atoms with Crippen molar-refractivity contribution >= 4 is 50.7 Å². The molecular weight excluding hydrogens is 426 g/mol. The third-order valence-corrected chi connectivity index (χ3v) is 5.24. The van der Waals surface area contributed by atoms with Crippen LogP contribution in [0.5, 0.6) is 5.75 Å². The second kappa shape index (κ2) is 9.01. The van der Waals surface area contributed by atoms with Crippen molar-refractivity contribution in [2.75, 3.05) is 12.9 Å². The number of carbonyl (C=O) groups is 1. The molecule has 2 aromatic carbocycles. The minimum atomic E-state index is -0.196. The average molecular weight is 444 g/mol. The number of amides is 1. The molecule has 1 amide bonds. The quantitative estimate of drug-likeness (QED) is 0.344. The summed E-state index contributed by atoms with van der Waals surface area (Å²) >= 11 is 4.79. The summed E-state index contributed by atoms with van der Waals surface area (Å²) < 4.78 is 6.18. The summed E-state index contributed by atoms with van der Waals surface area (Å²) in [5, 5.41) is 5.95. The van der Waals surface area contributed by atoms with Crippen molar-refractivity contribution in [3.63, 3.8) is 0 Å². The number of hydrazone groups is 1. The van der Waals surface area contributed by atoms with Crippen molar-refractivity contribution in [2.45, 2.75) is 11.9 Å². The third kappa shape index (κ3) is 5.08. The Morgan fingerprint density at radius 2 is 2.11 bits per heavy atom. The number of hydrogen-bond donors (Lipinski definition) is 1. The van der Waals surface area contributed by atoms with Crippen LogP contribution in [0.4, 0.5) is 0 Å². The van der Waals surface area contributed by atoms with E-state index in [-0.39, 0.29) is 11.7 Å². The molecule has 3 rings (SSSR count). The number of hydrogen-bond acceptors (Lipinski definition) is 5. The highest BCUT2D eigenvalue weighted by Gasteiger charge is 2.06. The van der Waals surface area contributed by atoms with Crippen molar-refractivity contribution in [2.24, 2.45) is 5.10 Å². The van der Waals surface area contributed by atoms with Crippen LogP contribution in [0.25, 0.3) is 10.9 Å². The molecule has 0 saturated carbocycles. The number of halogens is 1. The highest BCUT2D eigenvalue weighted by atomic mass is 79.9. The Morgan fingerprint density at radius 3 is 2.93 bits per heavy atom. The molecule has 0 aliphatic rings. The summed E-state index contributed by atoms with van der Waals surface area (Å²) in [4.78, 5) is 16.7. The fourth-order valence-electron chi connectivity index (χ4n) is 2.54. The molecule has 0 radical (unpaired) electrons. The van der Waals surface area contributed by atoms with Crippen molar-refractivity contribution in [1.29, 1.82) is 0 Å². The molecule has 0 aliphatic heterocycles. The lowest BCUT2D eigenvalue weighted by molar-refractivity contribution is -0.118. The van der Waals surface area contributed by atoms with Crippen LogP contribution in [0.1, 0.15) is 11.1 Å². The molecule has 0 aliphatic carbocycles. The summed E-state index contributed by atoms with van der Waals surface area (Å²) in [5.41, 5.74) is 5.38. The number of methoxy groups -OCH3 is 1. The largest absolute Gasteiger partial charge is 0.496 e. The van der Waals surface area contributed by atoms with E-state index < -0.39 is 0 Å². The zero-order valence-corrected chi connectivity index (χ0v) is 17.3. The number of ether oxygens (including phenoxy) is 1. The van der Waals surface area contributed by atoms with Gasteiger partial charge in [0.1, 0.15) is 5.75 Å². The summed E-state index contributed by atoms with van der Waals surface area (Å²) in [6.07, 6.45) is 1.56. The number of nitrogens with zero attached hydrogens (tertiary/aromatic N) is 2. The molecule has 0 saturated heterocycles. The first kappa shape index (κ1) is 19.4. The average Bonchev–Trinajstić information content (AvgIpc) is 2.67. The Hall–Kier alpha value is -2.38. The Bertz CT molecular complexity index is 1010. The van der Waals surface area contributed by atoms with E-state index in [4.69, 9.17) is 4.74 Å². The molecule has 0 fully saturated rings. The number of rotatable bonds is 6. The van der Waals surface area contributed by atoms with Crippen molar-refractivity contribution in [3.05, 3.63) is 64.1 Å². The first-order valence-electron chi connectivity index (χ1n) is 8.21. The lowest BCUT2D eigenvalue weighted by atomic mass is 10.1. The van der Waals surface area contributed by atoms with E-state index in [9.17, 15) is 4.79 Å². The zero-order chi connectivity index (χ0) is 19.2. The second-order valence-corrected chi connectivity index (χ2v) is 7.67. The van der Waals surface area contributed by atoms with Gasteiger partial charge in [0.2, 0.25) is 5.91 Å². The SMILES string of the molecule is COc1ccc(Br)cc1C=NNC(=O)CSc1cc(C)c2ccccc2n1. The van der Waals surface area contributed by atoms with Crippen LogP contribution >= 0.6 is 27.7 Å². The number of fused-ring (bicyclic) bond motifs is 1. The first-order chi connectivity index (χ1) is 13.1. The van der Waals surface area contributed by atoms with Crippen LogP contribution in [-0.2, 0) is 4.79 Å². The zero-order valence-electron chi connectivity index (χ0n) is 14.9. The van der Waals surface area contributed by atoms with Crippen LogP contribution in [0.2, 0.25) is 0 Å². The highest BCUT2D eigenvalue weighted by Crippen LogP contribution is 2.23. The van der Waals surface area contributed by atoms with E-state index in [2.05, 4.69) is 31.4 Å². The summed E-state index contributed by atoms with van der Waals surface area (Å²) in [7, 11) is 1.59. The van der Waals surface area contributed by atoms with Crippen molar-refractivity contribution < 1.29 is 9.53 Å². The number of nitrogens with one attached hydrogen (secondary N) is 1. The third-order valence-electron chi connectivity index (χ3n) is 3.84. The fraction of sp³-hybridized carbons (Fsp3) is 0.150. The minimum absolute atomic E-state index is 0.196.